The third-order valence-electron chi connectivity index (χ3n) is 2.76. The molecule has 0 radical (unpaired) electrons. The van der Waals surface area contributed by atoms with E-state index in [1.54, 1.807) is 0 Å². The van der Waals surface area contributed by atoms with E-state index in [4.69, 9.17) is 16.3 Å². The highest BCUT2D eigenvalue weighted by Gasteiger charge is 2.18. The zero-order chi connectivity index (χ0) is 16.3. The van der Waals surface area contributed by atoms with E-state index >= 15 is 0 Å². The Kier molecular flexibility index (Phi) is 4.92. The molecule has 0 spiro atoms. The minimum absolute atomic E-state index is 0.00705. The zero-order valence-electron chi connectivity index (χ0n) is 11.4. The normalized spacial score (nSPS) is 11.9. The molecule has 1 amide bonds. The van der Waals surface area contributed by atoms with Gasteiger partial charge in [0.2, 0.25) is 0 Å². The molecule has 0 heterocycles. The van der Waals surface area contributed by atoms with Crippen molar-refractivity contribution in [3.8, 4) is 5.75 Å². The van der Waals surface area contributed by atoms with Gasteiger partial charge < -0.3 is 10.1 Å². The van der Waals surface area contributed by atoms with E-state index in [9.17, 15) is 18.0 Å². The molecule has 2 aromatic carbocycles. The Morgan fingerprint density at radius 2 is 1.77 bits per heavy atom. The smallest absolute Gasteiger partial charge is 0.265 e. The first kappa shape index (κ1) is 16.2. The van der Waals surface area contributed by atoms with Crippen LogP contribution in [0.4, 0.5) is 18.9 Å². The zero-order valence-corrected chi connectivity index (χ0v) is 12.1. The van der Waals surface area contributed by atoms with Gasteiger partial charge in [-0.15, -0.1) is 0 Å². The van der Waals surface area contributed by atoms with E-state index in [1.165, 1.54) is 13.0 Å². The molecule has 2 aromatic rings. The summed E-state index contributed by atoms with van der Waals surface area (Å²) < 4.78 is 44.4. The van der Waals surface area contributed by atoms with Crippen LogP contribution in [-0.4, -0.2) is 12.0 Å². The van der Waals surface area contributed by atoms with Gasteiger partial charge >= 0.3 is 0 Å². The van der Waals surface area contributed by atoms with E-state index in [-0.39, 0.29) is 16.5 Å². The van der Waals surface area contributed by atoms with Gasteiger partial charge in [0, 0.05) is 6.07 Å². The number of carbonyl (C=O) groups is 1. The molecule has 1 unspecified atom stereocenters. The first-order valence-electron chi connectivity index (χ1n) is 6.24. The van der Waals surface area contributed by atoms with Crippen LogP contribution in [0.5, 0.6) is 5.75 Å². The van der Waals surface area contributed by atoms with Crippen molar-refractivity contribution >= 4 is 23.2 Å². The summed E-state index contributed by atoms with van der Waals surface area (Å²) in [4.78, 5) is 11.9. The van der Waals surface area contributed by atoms with E-state index in [0.717, 1.165) is 24.3 Å². The van der Waals surface area contributed by atoms with Gasteiger partial charge in [-0.25, -0.2) is 13.2 Å². The molecule has 0 aliphatic heterocycles. The fraction of sp³-hybridized carbons (Fsp3) is 0.133. The van der Waals surface area contributed by atoms with Crippen LogP contribution in [0.1, 0.15) is 6.92 Å². The first-order valence-corrected chi connectivity index (χ1v) is 6.62. The number of benzene rings is 2. The summed E-state index contributed by atoms with van der Waals surface area (Å²) in [6.07, 6.45) is -1.02. The number of nitrogens with one attached hydrogen (secondary N) is 1. The molecule has 7 heteroatoms. The Balaban J connectivity index is 2.05. The number of rotatable bonds is 4. The Morgan fingerprint density at radius 1 is 1.14 bits per heavy atom. The number of hydrogen-bond acceptors (Lipinski definition) is 2. The van der Waals surface area contributed by atoms with Crippen molar-refractivity contribution < 1.29 is 22.7 Å². The minimum atomic E-state index is -1.02. The number of ether oxygens (including phenoxy) is 1. The van der Waals surface area contributed by atoms with Crippen molar-refractivity contribution in [2.24, 2.45) is 0 Å². The summed E-state index contributed by atoms with van der Waals surface area (Å²) in [6.45, 7) is 1.41. The summed E-state index contributed by atoms with van der Waals surface area (Å²) in [5.74, 6) is -2.74. The van der Waals surface area contributed by atoms with Gasteiger partial charge in [-0.1, -0.05) is 11.6 Å². The molecule has 0 fully saturated rings. The monoisotopic (exact) mass is 329 g/mol. The van der Waals surface area contributed by atoms with E-state index in [0.29, 0.717) is 6.07 Å². The lowest BCUT2D eigenvalue weighted by molar-refractivity contribution is -0.122. The van der Waals surface area contributed by atoms with Crippen LogP contribution >= 0.6 is 11.6 Å². The van der Waals surface area contributed by atoms with E-state index < -0.39 is 29.5 Å². The predicted molar refractivity (Wildman–Crippen MR) is 76.5 cm³/mol. The molecule has 0 aliphatic rings. The number of anilines is 1. The fourth-order valence-electron chi connectivity index (χ4n) is 1.64. The molecule has 1 N–H and O–H groups in total. The Labute approximate surface area is 129 Å². The molecule has 22 heavy (non-hydrogen) atoms. The molecule has 0 saturated carbocycles. The maximum absolute atomic E-state index is 13.5. The number of halogens is 4. The second-order valence-electron chi connectivity index (χ2n) is 4.45. The summed E-state index contributed by atoms with van der Waals surface area (Å²) in [6, 6.07) is 6.21. The van der Waals surface area contributed by atoms with Crippen molar-refractivity contribution in [1.82, 2.24) is 0 Å². The summed E-state index contributed by atoms with van der Waals surface area (Å²) >= 11 is 5.78. The average Bonchev–Trinajstić information content (AvgIpc) is 2.44. The Hall–Kier alpha value is -2.21. The second-order valence-corrected chi connectivity index (χ2v) is 4.86. The average molecular weight is 330 g/mol. The molecule has 1 atom stereocenters. The van der Waals surface area contributed by atoms with Crippen LogP contribution in [0.3, 0.4) is 0 Å². The summed E-state index contributed by atoms with van der Waals surface area (Å²) in [5, 5.41) is 2.27. The lowest BCUT2D eigenvalue weighted by atomic mass is 10.2. The summed E-state index contributed by atoms with van der Waals surface area (Å²) in [7, 11) is 0. The maximum Gasteiger partial charge on any atom is 0.265 e. The molecule has 0 saturated heterocycles. The molecule has 116 valence electrons. The molecule has 2 rings (SSSR count). The lowest BCUT2D eigenvalue weighted by Crippen LogP contribution is -2.30. The van der Waals surface area contributed by atoms with Crippen LogP contribution in [-0.2, 0) is 4.79 Å². The van der Waals surface area contributed by atoms with Gasteiger partial charge in [-0.2, -0.15) is 0 Å². The second kappa shape index (κ2) is 6.70. The van der Waals surface area contributed by atoms with Crippen LogP contribution in [0.15, 0.2) is 36.4 Å². The van der Waals surface area contributed by atoms with Crippen LogP contribution in [0, 0.1) is 17.5 Å². The highest BCUT2D eigenvalue weighted by Crippen LogP contribution is 2.26. The molecule has 3 nitrogen and oxygen atoms in total. The lowest BCUT2D eigenvalue weighted by Gasteiger charge is -2.16. The molecule has 0 aromatic heterocycles. The van der Waals surface area contributed by atoms with Gasteiger partial charge in [-0.05, 0) is 37.3 Å². The number of carbonyl (C=O) groups excluding carboxylic acids is 1. The van der Waals surface area contributed by atoms with Gasteiger partial charge in [0.05, 0.1) is 10.7 Å². The third-order valence-corrected chi connectivity index (χ3v) is 3.05. The van der Waals surface area contributed by atoms with Crippen molar-refractivity contribution in [3.05, 3.63) is 58.9 Å². The third kappa shape index (κ3) is 3.92. The number of amides is 1. The van der Waals surface area contributed by atoms with Crippen molar-refractivity contribution in [2.75, 3.05) is 5.32 Å². The van der Waals surface area contributed by atoms with Gasteiger partial charge in [-0.3, -0.25) is 4.79 Å². The highest BCUT2D eigenvalue weighted by molar-refractivity contribution is 6.32. The standard InChI is InChI=1S/C15H11ClF3NO2/c1-8(22-14-5-3-9(17)6-11(14)16)15(21)20-13-4-2-10(18)7-12(13)19/h2-8H,1H3,(H,20,21). The van der Waals surface area contributed by atoms with Crippen molar-refractivity contribution in [2.45, 2.75) is 13.0 Å². The Bertz CT molecular complexity index is 709. The minimum Gasteiger partial charge on any atom is -0.479 e. The van der Waals surface area contributed by atoms with E-state index in [1.807, 2.05) is 0 Å². The summed E-state index contributed by atoms with van der Waals surface area (Å²) in [5.41, 5.74) is -0.174. The van der Waals surface area contributed by atoms with Gasteiger partial charge in [0.25, 0.3) is 5.91 Å². The molecular weight excluding hydrogens is 319 g/mol. The van der Waals surface area contributed by atoms with Crippen LogP contribution < -0.4 is 10.1 Å². The van der Waals surface area contributed by atoms with Gasteiger partial charge in [0.1, 0.15) is 23.2 Å². The van der Waals surface area contributed by atoms with Crippen molar-refractivity contribution in [3.63, 3.8) is 0 Å². The van der Waals surface area contributed by atoms with Gasteiger partial charge in [0.15, 0.2) is 6.10 Å². The SMILES string of the molecule is CC(Oc1ccc(F)cc1Cl)C(=O)Nc1ccc(F)cc1F. The highest BCUT2D eigenvalue weighted by atomic mass is 35.5. The molecule has 0 bridgehead atoms. The predicted octanol–water partition coefficient (Wildman–Crippen LogP) is 4.16. The topological polar surface area (TPSA) is 38.3 Å². The quantitative estimate of drug-likeness (QED) is 0.914. The first-order chi connectivity index (χ1) is 10.4. The maximum atomic E-state index is 13.5. The molecular formula is C15H11ClF3NO2. The van der Waals surface area contributed by atoms with Crippen molar-refractivity contribution in [1.29, 1.82) is 0 Å². The van der Waals surface area contributed by atoms with Crippen LogP contribution in [0.2, 0.25) is 5.02 Å². The Morgan fingerprint density at radius 3 is 2.41 bits per heavy atom. The fourth-order valence-corrected chi connectivity index (χ4v) is 1.85. The largest absolute Gasteiger partial charge is 0.479 e. The van der Waals surface area contributed by atoms with E-state index in [2.05, 4.69) is 5.32 Å². The molecule has 0 aliphatic carbocycles. The van der Waals surface area contributed by atoms with Crippen LogP contribution in [0.25, 0.3) is 0 Å². The number of hydrogen-bond donors (Lipinski definition) is 1.